The number of rotatable bonds is 7. The highest BCUT2D eigenvalue weighted by molar-refractivity contribution is 7.07. The third kappa shape index (κ3) is 5.26. The van der Waals surface area contributed by atoms with Gasteiger partial charge in [-0.1, -0.05) is 58.8 Å². The van der Waals surface area contributed by atoms with Crippen LogP contribution in [0.1, 0.15) is 24.3 Å². The summed E-state index contributed by atoms with van der Waals surface area (Å²) in [7, 11) is 1.52. The first-order chi connectivity index (χ1) is 18.4. The molecule has 0 bridgehead atoms. The average Bonchev–Trinajstić information content (AvgIpc) is 3.48. The van der Waals surface area contributed by atoms with Gasteiger partial charge in [0.15, 0.2) is 4.80 Å². The Bertz CT molecular complexity index is 1720. The number of aromatic nitrogens is 1. The third-order valence-electron chi connectivity index (χ3n) is 5.96. The smallest absolute Gasteiger partial charge is 0.338 e. The molecule has 0 N–H and O–H groups in total. The summed E-state index contributed by atoms with van der Waals surface area (Å²) in [5, 5.41) is 1.14. The maximum absolute atomic E-state index is 13.7. The molecule has 194 valence electrons. The van der Waals surface area contributed by atoms with Gasteiger partial charge < -0.3 is 13.9 Å². The van der Waals surface area contributed by atoms with E-state index in [9.17, 15) is 9.59 Å². The molecule has 0 amide bonds. The zero-order valence-corrected chi connectivity index (χ0v) is 22.8. The molecule has 1 aliphatic heterocycles. The Morgan fingerprint density at radius 3 is 2.63 bits per heavy atom. The largest absolute Gasteiger partial charge is 0.460 e. The number of hydrogen-bond acceptors (Lipinski definition) is 7. The molecule has 5 rings (SSSR count). The number of allylic oxidation sites excluding steroid dienone is 1. The Balaban J connectivity index is 1.60. The average molecular weight is 569 g/mol. The molecule has 0 saturated heterocycles. The summed E-state index contributed by atoms with van der Waals surface area (Å²) < 4.78 is 18.3. The van der Waals surface area contributed by atoms with Crippen molar-refractivity contribution in [2.24, 2.45) is 4.99 Å². The van der Waals surface area contributed by atoms with Crippen molar-refractivity contribution in [3.63, 3.8) is 0 Å². The lowest BCUT2D eigenvalue weighted by molar-refractivity contribution is -0.140. The molecule has 38 heavy (non-hydrogen) atoms. The number of halogens is 2. The fourth-order valence-corrected chi connectivity index (χ4v) is 5.54. The summed E-state index contributed by atoms with van der Waals surface area (Å²) in [5.41, 5.74) is 1.99. The fraction of sp³-hybridized carbons (Fsp3) is 0.179. The fourth-order valence-electron chi connectivity index (χ4n) is 4.20. The Hall–Kier alpha value is -3.43. The molecule has 1 aliphatic rings. The molecule has 1 atom stereocenters. The summed E-state index contributed by atoms with van der Waals surface area (Å²) in [6.45, 7) is 2.07. The van der Waals surface area contributed by atoms with Crippen LogP contribution in [0.2, 0.25) is 10.0 Å². The first-order valence-electron chi connectivity index (χ1n) is 11.7. The van der Waals surface area contributed by atoms with Crippen molar-refractivity contribution in [1.29, 1.82) is 0 Å². The number of ether oxygens (including phenoxy) is 2. The van der Waals surface area contributed by atoms with Crippen LogP contribution in [0, 0.1) is 0 Å². The molecular weight excluding hydrogens is 547 g/mol. The lowest BCUT2D eigenvalue weighted by atomic mass is 9.96. The van der Waals surface area contributed by atoms with E-state index in [1.54, 1.807) is 55.5 Å². The summed E-state index contributed by atoms with van der Waals surface area (Å²) in [5.74, 6) is 0.570. The number of fused-ring (bicyclic) bond motifs is 1. The standard InChI is InChI=1S/C28H22Cl2N2O5S/c1-16-24(27(34)36-13-12-35-2)25(17-6-8-19(29)9-7-17)32-26(33)23(38-28(32)31-16)15-21-10-11-22(37-21)18-4-3-5-20(30)14-18/h3-11,14-15,25H,12-13H2,1-2H3. The predicted molar refractivity (Wildman–Crippen MR) is 147 cm³/mol. The van der Waals surface area contributed by atoms with E-state index in [2.05, 4.69) is 4.99 Å². The number of carbonyl (C=O) groups is 1. The normalized spacial score (nSPS) is 15.4. The van der Waals surface area contributed by atoms with Gasteiger partial charge >= 0.3 is 5.97 Å². The van der Waals surface area contributed by atoms with Gasteiger partial charge in [-0.2, -0.15) is 0 Å². The van der Waals surface area contributed by atoms with E-state index in [1.807, 2.05) is 18.2 Å². The first kappa shape index (κ1) is 26.2. The molecule has 2 aromatic carbocycles. The van der Waals surface area contributed by atoms with Gasteiger partial charge in [-0.3, -0.25) is 9.36 Å². The van der Waals surface area contributed by atoms with Crippen molar-refractivity contribution < 1.29 is 18.7 Å². The molecule has 2 aromatic heterocycles. The first-order valence-corrected chi connectivity index (χ1v) is 13.2. The number of thiazole rings is 1. The second kappa shape index (κ2) is 11.1. The van der Waals surface area contributed by atoms with Crippen molar-refractivity contribution >= 4 is 46.6 Å². The molecule has 0 saturated carbocycles. The van der Waals surface area contributed by atoms with E-state index in [0.29, 0.717) is 42.2 Å². The quantitative estimate of drug-likeness (QED) is 0.231. The van der Waals surface area contributed by atoms with Crippen molar-refractivity contribution in [2.45, 2.75) is 13.0 Å². The Kier molecular flexibility index (Phi) is 7.67. The van der Waals surface area contributed by atoms with Crippen molar-refractivity contribution in [2.75, 3.05) is 20.3 Å². The monoisotopic (exact) mass is 568 g/mol. The van der Waals surface area contributed by atoms with Crippen molar-refractivity contribution in [3.8, 4) is 11.3 Å². The van der Waals surface area contributed by atoms with Crippen LogP contribution in [-0.4, -0.2) is 30.9 Å². The number of benzene rings is 2. The van der Waals surface area contributed by atoms with Gasteiger partial charge in [-0.05, 0) is 48.9 Å². The Labute approximate surface area is 231 Å². The Morgan fingerprint density at radius 2 is 1.89 bits per heavy atom. The molecule has 0 fully saturated rings. The van der Waals surface area contributed by atoms with Crippen LogP contribution in [-0.2, 0) is 14.3 Å². The van der Waals surface area contributed by atoms with Gasteiger partial charge in [0, 0.05) is 28.8 Å². The van der Waals surface area contributed by atoms with Crippen LogP contribution in [0.5, 0.6) is 0 Å². The van der Waals surface area contributed by atoms with Crippen LogP contribution in [0.3, 0.4) is 0 Å². The van der Waals surface area contributed by atoms with E-state index in [-0.39, 0.29) is 24.3 Å². The molecule has 3 heterocycles. The van der Waals surface area contributed by atoms with Crippen LogP contribution in [0.25, 0.3) is 17.4 Å². The lowest BCUT2D eigenvalue weighted by Crippen LogP contribution is -2.40. The maximum atomic E-state index is 13.7. The summed E-state index contributed by atoms with van der Waals surface area (Å²) in [6.07, 6.45) is 1.67. The number of hydrogen-bond donors (Lipinski definition) is 0. The van der Waals surface area contributed by atoms with Gasteiger partial charge in [0.2, 0.25) is 0 Å². The zero-order valence-electron chi connectivity index (χ0n) is 20.4. The van der Waals surface area contributed by atoms with E-state index < -0.39 is 12.0 Å². The molecule has 4 aromatic rings. The zero-order chi connectivity index (χ0) is 26.8. The number of esters is 1. The molecular formula is C28H22Cl2N2O5S. The molecule has 0 aliphatic carbocycles. The topological polar surface area (TPSA) is 83.0 Å². The minimum absolute atomic E-state index is 0.0807. The maximum Gasteiger partial charge on any atom is 0.338 e. The van der Waals surface area contributed by atoms with E-state index in [4.69, 9.17) is 37.1 Å². The van der Waals surface area contributed by atoms with Crippen molar-refractivity contribution in [3.05, 3.63) is 113 Å². The van der Waals surface area contributed by atoms with E-state index in [1.165, 1.54) is 23.0 Å². The number of methoxy groups -OCH3 is 1. The summed E-state index contributed by atoms with van der Waals surface area (Å²) >= 11 is 13.4. The molecule has 1 unspecified atom stereocenters. The van der Waals surface area contributed by atoms with Gasteiger partial charge in [-0.25, -0.2) is 9.79 Å². The van der Waals surface area contributed by atoms with E-state index >= 15 is 0 Å². The Morgan fingerprint density at radius 1 is 1.11 bits per heavy atom. The molecule has 10 heteroatoms. The number of furan rings is 1. The van der Waals surface area contributed by atoms with Crippen LogP contribution >= 0.6 is 34.5 Å². The minimum Gasteiger partial charge on any atom is -0.460 e. The summed E-state index contributed by atoms with van der Waals surface area (Å²) in [4.78, 5) is 31.9. The lowest BCUT2D eigenvalue weighted by Gasteiger charge is -2.24. The highest BCUT2D eigenvalue weighted by Crippen LogP contribution is 2.31. The third-order valence-corrected chi connectivity index (χ3v) is 7.43. The number of carbonyl (C=O) groups excluding carboxylic acids is 1. The van der Waals surface area contributed by atoms with Crippen LogP contribution < -0.4 is 14.9 Å². The van der Waals surface area contributed by atoms with Gasteiger partial charge in [-0.15, -0.1) is 0 Å². The number of nitrogens with zero attached hydrogens (tertiary/aromatic N) is 2. The molecule has 0 spiro atoms. The second-order valence-electron chi connectivity index (χ2n) is 8.47. The summed E-state index contributed by atoms with van der Waals surface area (Å²) in [6, 6.07) is 17.2. The van der Waals surface area contributed by atoms with Crippen LogP contribution in [0.15, 0.2) is 86.1 Å². The molecule has 0 radical (unpaired) electrons. The van der Waals surface area contributed by atoms with E-state index in [0.717, 1.165) is 5.56 Å². The predicted octanol–water partition coefficient (Wildman–Crippen LogP) is 4.99. The SMILES string of the molecule is COCCOC(=O)C1=C(C)N=c2sc(=Cc3ccc(-c4cccc(Cl)c4)o3)c(=O)n2C1c1ccc(Cl)cc1. The molecule has 7 nitrogen and oxygen atoms in total. The highest BCUT2D eigenvalue weighted by atomic mass is 35.5. The van der Waals surface area contributed by atoms with Crippen LogP contribution in [0.4, 0.5) is 0 Å². The van der Waals surface area contributed by atoms with Crippen molar-refractivity contribution in [1.82, 2.24) is 4.57 Å². The second-order valence-corrected chi connectivity index (χ2v) is 10.4. The highest BCUT2D eigenvalue weighted by Gasteiger charge is 2.33. The van der Waals surface area contributed by atoms with Gasteiger partial charge in [0.05, 0.1) is 28.5 Å². The van der Waals surface area contributed by atoms with Gasteiger partial charge in [0.1, 0.15) is 18.1 Å². The minimum atomic E-state index is -0.737. The van der Waals surface area contributed by atoms with Gasteiger partial charge in [0.25, 0.3) is 5.56 Å².